The molecule has 0 radical (unpaired) electrons. The average molecular weight is 347 g/mol. The Bertz CT molecular complexity index is 577. The Morgan fingerprint density at radius 3 is 2.80 bits per heavy atom. The van der Waals surface area contributed by atoms with Crippen LogP contribution in [0.15, 0.2) is 24.3 Å². The lowest BCUT2D eigenvalue weighted by molar-refractivity contribution is -0.122. The van der Waals surface area contributed by atoms with Gasteiger partial charge < -0.3 is 15.0 Å². The third-order valence-corrected chi connectivity index (χ3v) is 4.36. The molecule has 25 heavy (non-hydrogen) atoms. The topological polar surface area (TPSA) is 61.9 Å². The number of benzene rings is 1. The number of carbonyl (C=O) groups excluding carboxylic acids is 2. The van der Waals surface area contributed by atoms with Gasteiger partial charge in [-0.25, -0.2) is 0 Å². The number of nitrogens with zero attached hydrogens (tertiary/aromatic N) is 2. The smallest absolute Gasteiger partial charge is 0.253 e. The van der Waals surface area contributed by atoms with Crippen LogP contribution in [0.2, 0.25) is 0 Å². The monoisotopic (exact) mass is 347 g/mol. The van der Waals surface area contributed by atoms with Gasteiger partial charge in [0.1, 0.15) is 0 Å². The molecule has 1 aromatic rings. The average Bonchev–Trinajstić information content (AvgIpc) is 2.84. The van der Waals surface area contributed by atoms with Gasteiger partial charge in [0.2, 0.25) is 5.91 Å². The minimum atomic E-state index is 0.0366. The molecule has 6 heteroatoms. The molecule has 0 aromatic heterocycles. The van der Waals surface area contributed by atoms with Gasteiger partial charge >= 0.3 is 0 Å². The van der Waals surface area contributed by atoms with E-state index in [2.05, 4.69) is 10.2 Å². The van der Waals surface area contributed by atoms with Crippen LogP contribution >= 0.6 is 0 Å². The Morgan fingerprint density at radius 2 is 2.04 bits per heavy atom. The summed E-state index contributed by atoms with van der Waals surface area (Å²) in [5.41, 5.74) is 1.83. The summed E-state index contributed by atoms with van der Waals surface area (Å²) in [6.45, 7) is 6.62. The highest BCUT2D eigenvalue weighted by Crippen LogP contribution is 2.11. The zero-order chi connectivity index (χ0) is 18.1. The van der Waals surface area contributed by atoms with Crippen LogP contribution in [0.4, 0.5) is 0 Å². The van der Waals surface area contributed by atoms with E-state index in [9.17, 15) is 9.59 Å². The summed E-state index contributed by atoms with van der Waals surface area (Å²) in [5, 5.41) is 2.91. The number of carbonyl (C=O) groups is 2. The first kappa shape index (κ1) is 19.4. The Hall–Kier alpha value is -1.92. The minimum Gasteiger partial charge on any atom is -0.385 e. The van der Waals surface area contributed by atoms with E-state index in [4.69, 9.17) is 4.74 Å². The van der Waals surface area contributed by atoms with Crippen molar-refractivity contribution < 1.29 is 14.3 Å². The molecular weight excluding hydrogens is 318 g/mol. The second-order valence-electron chi connectivity index (χ2n) is 6.49. The number of amides is 2. The molecule has 1 heterocycles. The van der Waals surface area contributed by atoms with Crippen LogP contribution in [0.5, 0.6) is 0 Å². The summed E-state index contributed by atoms with van der Waals surface area (Å²) in [4.78, 5) is 28.7. The molecule has 1 aliphatic rings. The lowest BCUT2D eigenvalue weighted by Crippen LogP contribution is -2.40. The van der Waals surface area contributed by atoms with Crippen LogP contribution in [0, 0.1) is 6.92 Å². The highest BCUT2D eigenvalue weighted by atomic mass is 16.5. The number of hydrogen-bond acceptors (Lipinski definition) is 4. The molecular formula is C19H29N3O3. The molecule has 1 saturated heterocycles. The van der Waals surface area contributed by atoms with Crippen LogP contribution in [0.3, 0.4) is 0 Å². The van der Waals surface area contributed by atoms with Crippen LogP contribution in [0.25, 0.3) is 0 Å². The van der Waals surface area contributed by atoms with E-state index < -0.39 is 0 Å². The van der Waals surface area contributed by atoms with Crippen molar-refractivity contribution in [2.45, 2.75) is 19.8 Å². The molecule has 0 atom stereocenters. The van der Waals surface area contributed by atoms with Crippen molar-refractivity contribution in [1.82, 2.24) is 15.1 Å². The number of hydrogen-bond donors (Lipinski definition) is 1. The van der Waals surface area contributed by atoms with E-state index in [1.165, 1.54) is 0 Å². The predicted octanol–water partition coefficient (Wildman–Crippen LogP) is 1.30. The normalized spacial score (nSPS) is 15.7. The number of nitrogens with one attached hydrogen (secondary N) is 1. The fraction of sp³-hybridized carbons (Fsp3) is 0.579. The van der Waals surface area contributed by atoms with Crippen LogP contribution in [-0.2, 0) is 9.53 Å². The van der Waals surface area contributed by atoms with Gasteiger partial charge in [0, 0.05) is 52.0 Å². The summed E-state index contributed by atoms with van der Waals surface area (Å²) in [6, 6.07) is 7.71. The molecule has 1 N–H and O–H groups in total. The lowest BCUT2D eigenvalue weighted by atomic mass is 10.1. The van der Waals surface area contributed by atoms with Crippen LogP contribution in [0.1, 0.15) is 28.8 Å². The third-order valence-electron chi connectivity index (χ3n) is 4.36. The molecule has 2 amide bonds. The maximum atomic E-state index is 12.7. The first-order chi connectivity index (χ1) is 12.1. The van der Waals surface area contributed by atoms with Crippen molar-refractivity contribution in [3.63, 3.8) is 0 Å². The highest BCUT2D eigenvalue weighted by molar-refractivity contribution is 5.94. The fourth-order valence-corrected chi connectivity index (χ4v) is 3.00. The van der Waals surface area contributed by atoms with Gasteiger partial charge in [-0.2, -0.15) is 0 Å². The Labute approximate surface area is 150 Å². The highest BCUT2D eigenvalue weighted by Gasteiger charge is 2.21. The zero-order valence-electron chi connectivity index (χ0n) is 15.3. The summed E-state index contributed by atoms with van der Waals surface area (Å²) < 4.78 is 4.97. The second kappa shape index (κ2) is 10.2. The van der Waals surface area contributed by atoms with Gasteiger partial charge in [-0.15, -0.1) is 0 Å². The van der Waals surface area contributed by atoms with Crippen LogP contribution in [-0.4, -0.2) is 74.6 Å². The van der Waals surface area contributed by atoms with Gasteiger partial charge in [0.05, 0.1) is 6.54 Å². The zero-order valence-corrected chi connectivity index (χ0v) is 15.3. The maximum Gasteiger partial charge on any atom is 0.253 e. The summed E-state index contributed by atoms with van der Waals surface area (Å²) >= 11 is 0. The maximum absolute atomic E-state index is 12.7. The van der Waals surface area contributed by atoms with E-state index in [0.29, 0.717) is 26.2 Å². The first-order valence-corrected chi connectivity index (χ1v) is 8.94. The van der Waals surface area contributed by atoms with E-state index in [1.807, 2.05) is 36.1 Å². The number of ether oxygens (including phenoxy) is 1. The van der Waals surface area contributed by atoms with Crippen molar-refractivity contribution in [2.75, 3.05) is 53.0 Å². The van der Waals surface area contributed by atoms with Gasteiger partial charge in [0.25, 0.3) is 5.91 Å². The molecule has 1 aromatic carbocycles. The first-order valence-electron chi connectivity index (χ1n) is 8.94. The molecule has 1 aliphatic heterocycles. The third kappa shape index (κ3) is 6.48. The van der Waals surface area contributed by atoms with Gasteiger partial charge in [-0.3, -0.25) is 14.5 Å². The standard InChI is InChI=1S/C19H29N3O3/c1-16-6-3-7-17(14-16)19(24)22-10-5-9-21(11-12-22)15-18(23)20-8-4-13-25-2/h3,6-7,14H,4-5,8-13,15H2,1-2H3,(H,20,23). The molecule has 6 nitrogen and oxygen atoms in total. The molecule has 138 valence electrons. The summed E-state index contributed by atoms with van der Waals surface area (Å²) in [7, 11) is 1.66. The Morgan fingerprint density at radius 1 is 1.20 bits per heavy atom. The number of methoxy groups -OCH3 is 1. The van der Waals surface area contributed by atoms with Crippen molar-refractivity contribution in [1.29, 1.82) is 0 Å². The Kier molecular flexibility index (Phi) is 7.88. The quantitative estimate of drug-likeness (QED) is 0.755. The van der Waals surface area contributed by atoms with Crippen molar-refractivity contribution in [3.05, 3.63) is 35.4 Å². The van der Waals surface area contributed by atoms with Crippen molar-refractivity contribution >= 4 is 11.8 Å². The van der Waals surface area contributed by atoms with E-state index in [1.54, 1.807) is 7.11 Å². The second-order valence-corrected chi connectivity index (χ2v) is 6.49. The molecule has 2 rings (SSSR count). The van der Waals surface area contributed by atoms with E-state index in [-0.39, 0.29) is 11.8 Å². The molecule has 0 aliphatic carbocycles. The van der Waals surface area contributed by atoms with E-state index >= 15 is 0 Å². The summed E-state index contributed by atoms with van der Waals surface area (Å²) in [6.07, 6.45) is 1.70. The van der Waals surface area contributed by atoms with Crippen molar-refractivity contribution in [3.8, 4) is 0 Å². The lowest BCUT2D eigenvalue weighted by Gasteiger charge is -2.22. The predicted molar refractivity (Wildman–Crippen MR) is 97.6 cm³/mol. The van der Waals surface area contributed by atoms with Crippen molar-refractivity contribution in [2.24, 2.45) is 0 Å². The molecule has 0 bridgehead atoms. The molecule has 0 spiro atoms. The molecule has 0 unspecified atom stereocenters. The fourth-order valence-electron chi connectivity index (χ4n) is 3.00. The summed E-state index contributed by atoms with van der Waals surface area (Å²) in [5.74, 6) is 0.115. The van der Waals surface area contributed by atoms with Crippen LogP contribution < -0.4 is 5.32 Å². The molecule has 0 saturated carbocycles. The van der Waals surface area contributed by atoms with Gasteiger partial charge in [0.15, 0.2) is 0 Å². The molecule has 1 fully saturated rings. The number of rotatable bonds is 7. The minimum absolute atomic E-state index is 0.0366. The SMILES string of the molecule is COCCCNC(=O)CN1CCCN(C(=O)c2cccc(C)c2)CC1. The van der Waals surface area contributed by atoms with Gasteiger partial charge in [-0.05, 0) is 31.9 Å². The Balaban J connectivity index is 1.79. The number of aryl methyl sites for hydroxylation is 1. The van der Waals surface area contributed by atoms with E-state index in [0.717, 1.165) is 43.6 Å². The largest absolute Gasteiger partial charge is 0.385 e. The van der Waals surface area contributed by atoms with Gasteiger partial charge in [-0.1, -0.05) is 17.7 Å².